The highest BCUT2D eigenvalue weighted by atomic mass is 32.2. The van der Waals surface area contributed by atoms with Crippen LogP contribution >= 0.6 is 0 Å². The van der Waals surface area contributed by atoms with E-state index in [2.05, 4.69) is 19.2 Å². The van der Waals surface area contributed by atoms with Crippen molar-refractivity contribution < 1.29 is 13.2 Å². The van der Waals surface area contributed by atoms with Gasteiger partial charge in [-0.25, -0.2) is 8.42 Å². The molecule has 1 aromatic rings. The van der Waals surface area contributed by atoms with E-state index in [1.807, 2.05) is 12.1 Å². The van der Waals surface area contributed by atoms with E-state index in [9.17, 15) is 13.2 Å². The Morgan fingerprint density at radius 2 is 1.95 bits per heavy atom. The lowest BCUT2D eigenvalue weighted by atomic mass is 10.0. The molecule has 1 fully saturated rings. The maximum atomic E-state index is 12.0. The van der Waals surface area contributed by atoms with Gasteiger partial charge in [-0.05, 0) is 36.5 Å². The van der Waals surface area contributed by atoms with E-state index in [0.717, 1.165) is 6.42 Å². The van der Waals surface area contributed by atoms with Crippen molar-refractivity contribution in [2.45, 2.75) is 32.7 Å². The summed E-state index contributed by atoms with van der Waals surface area (Å²) < 4.78 is 22.7. The van der Waals surface area contributed by atoms with E-state index in [0.29, 0.717) is 17.9 Å². The summed E-state index contributed by atoms with van der Waals surface area (Å²) in [6.45, 7) is 4.31. The first-order valence-corrected chi connectivity index (χ1v) is 8.78. The molecule has 0 spiro atoms. The molecule has 1 atom stereocenters. The van der Waals surface area contributed by atoms with Crippen molar-refractivity contribution in [1.29, 1.82) is 0 Å². The maximum absolute atomic E-state index is 12.0. The minimum absolute atomic E-state index is 0.0597. The zero-order valence-corrected chi connectivity index (χ0v) is 12.7. The first-order valence-electron chi connectivity index (χ1n) is 6.96. The van der Waals surface area contributed by atoms with Gasteiger partial charge in [-0.15, -0.1) is 0 Å². The molecule has 1 amide bonds. The van der Waals surface area contributed by atoms with E-state index in [1.165, 1.54) is 5.56 Å². The topological polar surface area (TPSA) is 63.2 Å². The molecule has 0 aromatic heterocycles. The first kappa shape index (κ1) is 15.0. The Kier molecular flexibility index (Phi) is 4.48. The molecule has 5 heteroatoms. The van der Waals surface area contributed by atoms with Crippen molar-refractivity contribution in [2.75, 3.05) is 11.5 Å². The predicted octanol–water partition coefficient (Wildman–Crippen LogP) is 1.80. The van der Waals surface area contributed by atoms with E-state index < -0.39 is 9.84 Å². The van der Waals surface area contributed by atoms with E-state index >= 15 is 0 Å². The lowest BCUT2D eigenvalue weighted by Crippen LogP contribution is -2.35. The van der Waals surface area contributed by atoms with Crippen LogP contribution in [-0.4, -0.2) is 31.9 Å². The van der Waals surface area contributed by atoms with Gasteiger partial charge in [-0.3, -0.25) is 4.79 Å². The van der Waals surface area contributed by atoms with Crippen molar-refractivity contribution in [2.24, 2.45) is 5.92 Å². The molecule has 0 bridgehead atoms. The van der Waals surface area contributed by atoms with E-state index in [-0.39, 0.29) is 23.5 Å². The van der Waals surface area contributed by atoms with Crippen molar-refractivity contribution in [3.8, 4) is 0 Å². The van der Waals surface area contributed by atoms with Crippen molar-refractivity contribution in [3.05, 3.63) is 35.4 Å². The van der Waals surface area contributed by atoms with Gasteiger partial charge in [-0.2, -0.15) is 0 Å². The van der Waals surface area contributed by atoms with Crippen LogP contribution in [0.3, 0.4) is 0 Å². The summed E-state index contributed by atoms with van der Waals surface area (Å²) in [5.74, 6) is 0.622. The molecule has 110 valence electrons. The summed E-state index contributed by atoms with van der Waals surface area (Å²) in [6, 6.07) is 7.27. The predicted molar refractivity (Wildman–Crippen MR) is 79.5 cm³/mol. The van der Waals surface area contributed by atoms with Gasteiger partial charge in [0.25, 0.3) is 5.91 Å². The molecular weight excluding hydrogens is 274 g/mol. The van der Waals surface area contributed by atoms with Crippen molar-refractivity contribution in [1.82, 2.24) is 5.32 Å². The zero-order chi connectivity index (χ0) is 14.8. The molecule has 4 nitrogen and oxygen atoms in total. The average Bonchev–Trinajstić information content (AvgIpc) is 2.68. The van der Waals surface area contributed by atoms with E-state index in [1.54, 1.807) is 12.1 Å². The first-order chi connectivity index (χ1) is 9.35. The third-order valence-corrected chi connectivity index (χ3v) is 5.20. The van der Waals surface area contributed by atoms with Crippen LogP contribution in [0.4, 0.5) is 0 Å². The third kappa shape index (κ3) is 4.07. The molecule has 0 radical (unpaired) electrons. The van der Waals surface area contributed by atoms with Gasteiger partial charge in [0.2, 0.25) is 0 Å². The summed E-state index contributed by atoms with van der Waals surface area (Å²) in [6.07, 6.45) is 1.50. The lowest BCUT2D eigenvalue weighted by Gasteiger charge is -2.11. The third-order valence-electron chi connectivity index (χ3n) is 3.43. The number of amides is 1. The summed E-state index contributed by atoms with van der Waals surface area (Å²) in [7, 11) is -2.96. The minimum Gasteiger partial charge on any atom is -0.348 e. The summed E-state index contributed by atoms with van der Waals surface area (Å²) in [5, 5.41) is 2.79. The molecule has 1 aliphatic heterocycles. The highest BCUT2D eigenvalue weighted by molar-refractivity contribution is 7.91. The smallest absolute Gasteiger partial charge is 0.251 e. The maximum Gasteiger partial charge on any atom is 0.251 e. The molecule has 1 unspecified atom stereocenters. The highest BCUT2D eigenvalue weighted by Crippen LogP contribution is 2.13. The van der Waals surface area contributed by atoms with Gasteiger partial charge < -0.3 is 5.32 Å². The Hall–Kier alpha value is -1.36. The van der Waals surface area contributed by atoms with Crippen LogP contribution < -0.4 is 5.32 Å². The van der Waals surface area contributed by atoms with Crippen LogP contribution in [0.25, 0.3) is 0 Å². The monoisotopic (exact) mass is 295 g/mol. The van der Waals surface area contributed by atoms with Gasteiger partial charge in [0.15, 0.2) is 9.84 Å². The summed E-state index contributed by atoms with van der Waals surface area (Å²) in [4.78, 5) is 12.0. The average molecular weight is 295 g/mol. The summed E-state index contributed by atoms with van der Waals surface area (Å²) >= 11 is 0. The molecule has 2 rings (SSSR count). The molecule has 0 saturated carbocycles. The molecular formula is C15H21NO3S. The number of hydrogen-bond acceptors (Lipinski definition) is 3. The van der Waals surface area contributed by atoms with E-state index in [4.69, 9.17) is 0 Å². The Labute approximate surface area is 120 Å². The van der Waals surface area contributed by atoms with Gasteiger partial charge >= 0.3 is 0 Å². The Morgan fingerprint density at radius 1 is 1.30 bits per heavy atom. The number of sulfone groups is 1. The standard InChI is InChI=1S/C15H21NO3S/c1-11(2)9-12-3-5-13(6-4-12)15(17)16-14-7-8-20(18,19)10-14/h3-6,11,14H,7-10H2,1-2H3,(H,16,17). The van der Waals surface area contributed by atoms with Crippen LogP contribution in [0.15, 0.2) is 24.3 Å². The van der Waals surface area contributed by atoms with Gasteiger partial charge in [-0.1, -0.05) is 26.0 Å². The van der Waals surface area contributed by atoms with Crippen LogP contribution in [0.5, 0.6) is 0 Å². The summed E-state index contributed by atoms with van der Waals surface area (Å²) in [5.41, 5.74) is 1.79. The van der Waals surface area contributed by atoms with Crippen LogP contribution in [0.1, 0.15) is 36.2 Å². The zero-order valence-electron chi connectivity index (χ0n) is 11.9. The molecule has 1 saturated heterocycles. The Morgan fingerprint density at radius 3 is 2.45 bits per heavy atom. The second-order valence-electron chi connectivity index (χ2n) is 5.87. The largest absolute Gasteiger partial charge is 0.348 e. The number of carbonyl (C=O) groups excluding carboxylic acids is 1. The fraction of sp³-hybridized carbons (Fsp3) is 0.533. The van der Waals surface area contributed by atoms with Crippen LogP contribution in [-0.2, 0) is 16.3 Å². The lowest BCUT2D eigenvalue weighted by molar-refractivity contribution is 0.0941. The van der Waals surface area contributed by atoms with Crippen molar-refractivity contribution in [3.63, 3.8) is 0 Å². The fourth-order valence-electron chi connectivity index (χ4n) is 2.44. The van der Waals surface area contributed by atoms with Crippen LogP contribution in [0, 0.1) is 5.92 Å². The number of rotatable bonds is 4. The number of hydrogen-bond donors (Lipinski definition) is 1. The Balaban J connectivity index is 1.96. The SMILES string of the molecule is CC(C)Cc1ccc(C(=O)NC2CCS(=O)(=O)C2)cc1. The molecule has 1 aromatic carbocycles. The minimum atomic E-state index is -2.96. The molecule has 1 aliphatic rings. The number of carbonyl (C=O) groups is 1. The Bertz CT molecular complexity index is 576. The number of benzene rings is 1. The second-order valence-corrected chi connectivity index (χ2v) is 8.10. The van der Waals surface area contributed by atoms with Gasteiger partial charge in [0.05, 0.1) is 11.5 Å². The highest BCUT2D eigenvalue weighted by Gasteiger charge is 2.29. The van der Waals surface area contributed by atoms with Gasteiger partial charge in [0.1, 0.15) is 0 Å². The molecule has 20 heavy (non-hydrogen) atoms. The van der Waals surface area contributed by atoms with Crippen molar-refractivity contribution >= 4 is 15.7 Å². The number of nitrogens with one attached hydrogen (secondary N) is 1. The molecule has 0 aliphatic carbocycles. The fourth-order valence-corrected chi connectivity index (χ4v) is 4.11. The normalized spacial score (nSPS) is 21.1. The van der Waals surface area contributed by atoms with Crippen LogP contribution in [0.2, 0.25) is 0 Å². The second kappa shape index (κ2) is 5.95. The van der Waals surface area contributed by atoms with Gasteiger partial charge in [0, 0.05) is 11.6 Å². The quantitative estimate of drug-likeness (QED) is 0.921. The molecule has 1 heterocycles. The molecule has 1 N–H and O–H groups in total.